The Morgan fingerprint density at radius 1 is 1.35 bits per heavy atom. The van der Waals surface area contributed by atoms with Crippen LogP contribution in [0.15, 0.2) is 24.3 Å². The minimum Gasteiger partial charge on any atom is -0.380 e. The molecule has 128 valence electrons. The number of rotatable bonds is 7. The molecule has 0 radical (unpaired) electrons. The molecule has 0 aliphatic heterocycles. The van der Waals surface area contributed by atoms with E-state index in [0.717, 1.165) is 12.8 Å². The molecule has 2 rings (SSSR count). The van der Waals surface area contributed by atoms with Crippen LogP contribution in [0.4, 0.5) is 0 Å². The summed E-state index contributed by atoms with van der Waals surface area (Å²) in [6.07, 6.45) is 6.16. The third-order valence-corrected chi connectivity index (χ3v) is 5.07. The molecule has 0 saturated heterocycles. The first kappa shape index (κ1) is 18.0. The van der Waals surface area contributed by atoms with Gasteiger partial charge in [-0.3, -0.25) is 4.79 Å². The molecule has 0 bridgehead atoms. The van der Waals surface area contributed by atoms with Crippen LogP contribution >= 0.6 is 0 Å². The van der Waals surface area contributed by atoms with E-state index in [1.807, 2.05) is 0 Å². The van der Waals surface area contributed by atoms with E-state index in [9.17, 15) is 4.79 Å². The molecule has 1 saturated carbocycles. The van der Waals surface area contributed by atoms with Gasteiger partial charge in [-0.1, -0.05) is 49.1 Å². The minimum atomic E-state index is -0.198. The molecule has 1 aromatic carbocycles. The van der Waals surface area contributed by atoms with E-state index in [1.54, 1.807) is 7.11 Å². The molecule has 23 heavy (non-hydrogen) atoms. The predicted octanol–water partition coefficient (Wildman–Crippen LogP) is 2.68. The van der Waals surface area contributed by atoms with Gasteiger partial charge in [0.2, 0.25) is 5.91 Å². The van der Waals surface area contributed by atoms with Crippen LogP contribution < -0.4 is 11.1 Å². The summed E-state index contributed by atoms with van der Waals surface area (Å²) in [5.41, 5.74) is 8.31. The topological polar surface area (TPSA) is 64.3 Å². The summed E-state index contributed by atoms with van der Waals surface area (Å²) in [6, 6.07) is 8.74. The molecule has 4 heteroatoms. The van der Waals surface area contributed by atoms with Crippen molar-refractivity contribution in [3.05, 3.63) is 35.4 Å². The molecule has 1 atom stereocenters. The molecule has 1 unspecified atom stereocenters. The first-order valence-corrected chi connectivity index (χ1v) is 8.66. The van der Waals surface area contributed by atoms with Crippen molar-refractivity contribution in [2.45, 2.75) is 57.0 Å². The summed E-state index contributed by atoms with van der Waals surface area (Å²) in [7, 11) is 1.60. The summed E-state index contributed by atoms with van der Waals surface area (Å²) >= 11 is 0. The van der Waals surface area contributed by atoms with E-state index in [2.05, 4.69) is 36.5 Å². The molecule has 4 nitrogen and oxygen atoms in total. The molecule has 1 fully saturated rings. The fraction of sp³-hybridized carbons (Fsp3) is 0.632. The number of carbonyl (C=O) groups excluding carboxylic acids is 1. The Labute approximate surface area is 139 Å². The van der Waals surface area contributed by atoms with Crippen molar-refractivity contribution >= 4 is 5.91 Å². The minimum absolute atomic E-state index is 0.0277. The van der Waals surface area contributed by atoms with Crippen molar-refractivity contribution < 1.29 is 9.53 Å². The molecule has 1 aliphatic rings. The smallest absolute Gasteiger partial charge is 0.222 e. The quantitative estimate of drug-likeness (QED) is 0.812. The first-order chi connectivity index (χ1) is 11.1. The third kappa shape index (κ3) is 4.79. The van der Waals surface area contributed by atoms with E-state index >= 15 is 0 Å². The van der Waals surface area contributed by atoms with Gasteiger partial charge in [0.1, 0.15) is 0 Å². The second-order valence-electron chi connectivity index (χ2n) is 6.78. The Bertz CT molecular complexity index is 506. The number of benzene rings is 1. The van der Waals surface area contributed by atoms with E-state index in [1.165, 1.54) is 30.4 Å². The number of amides is 1. The number of hydrogen-bond acceptors (Lipinski definition) is 3. The summed E-state index contributed by atoms with van der Waals surface area (Å²) in [6.45, 7) is 3.20. The second-order valence-corrected chi connectivity index (χ2v) is 6.78. The lowest BCUT2D eigenvalue weighted by Crippen LogP contribution is -2.43. The van der Waals surface area contributed by atoms with Gasteiger partial charge >= 0.3 is 0 Å². The van der Waals surface area contributed by atoms with E-state index in [4.69, 9.17) is 10.5 Å². The molecular weight excluding hydrogens is 288 g/mol. The molecule has 1 aliphatic carbocycles. The van der Waals surface area contributed by atoms with Crippen LogP contribution in [0.25, 0.3) is 0 Å². The van der Waals surface area contributed by atoms with Crippen LogP contribution in [-0.4, -0.2) is 32.2 Å². The maximum Gasteiger partial charge on any atom is 0.222 e. The van der Waals surface area contributed by atoms with Gasteiger partial charge in [-0.15, -0.1) is 0 Å². The average molecular weight is 318 g/mol. The highest BCUT2D eigenvalue weighted by Gasteiger charge is 2.34. The molecule has 1 amide bonds. The maximum atomic E-state index is 12.2. The summed E-state index contributed by atoms with van der Waals surface area (Å²) in [4.78, 5) is 12.2. The van der Waals surface area contributed by atoms with Crippen LogP contribution in [-0.2, 0) is 14.9 Å². The van der Waals surface area contributed by atoms with Gasteiger partial charge in [-0.2, -0.15) is 0 Å². The van der Waals surface area contributed by atoms with Crippen molar-refractivity contribution in [2.24, 2.45) is 5.73 Å². The van der Waals surface area contributed by atoms with Crippen molar-refractivity contribution in [3.8, 4) is 0 Å². The molecular formula is C19H30N2O2. The van der Waals surface area contributed by atoms with Crippen molar-refractivity contribution in [3.63, 3.8) is 0 Å². The maximum absolute atomic E-state index is 12.2. The van der Waals surface area contributed by atoms with E-state index in [-0.39, 0.29) is 17.4 Å². The van der Waals surface area contributed by atoms with Gasteiger partial charge in [-0.05, 0) is 25.3 Å². The first-order valence-electron chi connectivity index (χ1n) is 8.66. The lowest BCUT2D eigenvalue weighted by atomic mass is 9.69. The third-order valence-electron chi connectivity index (χ3n) is 5.07. The number of methoxy groups -OCH3 is 1. The highest BCUT2D eigenvalue weighted by molar-refractivity contribution is 5.76. The van der Waals surface area contributed by atoms with Crippen LogP contribution in [0, 0.1) is 6.92 Å². The number of nitrogens with two attached hydrogens (primary N) is 1. The average Bonchev–Trinajstić information content (AvgIpc) is 2.58. The SMILES string of the molecule is COC(CN)CC(=O)NCC1(c2cccc(C)c2)CCCCC1. The highest BCUT2D eigenvalue weighted by atomic mass is 16.5. The van der Waals surface area contributed by atoms with E-state index in [0.29, 0.717) is 19.5 Å². The Morgan fingerprint density at radius 2 is 2.09 bits per heavy atom. The fourth-order valence-electron chi connectivity index (χ4n) is 3.58. The standard InChI is InChI=1S/C19H30N2O2/c1-15-7-6-8-16(11-15)19(9-4-3-5-10-19)14-21-18(22)12-17(13-20)23-2/h6-8,11,17H,3-5,9-10,12-14,20H2,1-2H3,(H,21,22). The number of nitrogens with one attached hydrogen (secondary N) is 1. The molecule has 3 N–H and O–H groups in total. The second kappa shape index (κ2) is 8.46. The van der Waals surface area contributed by atoms with Gasteiger partial charge in [0.25, 0.3) is 0 Å². The van der Waals surface area contributed by atoms with Gasteiger partial charge in [0.05, 0.1) is 12.5 Å². The van der Waals surface area contributed by atoms with Gasteiger partial charge < -0.3 is 15.8 Å². The van der Waals surface area contributed by atoms with Gasteiger partial charge in [-0.25, -0.2) is 0 Å². The van der Waals surface area contributed by atoms with Crippen molar-refractivity contribution in [2.75, 3.05) is 20.2 Å². The number of hydrogen-bond donors (Lipinski definition) is 2. The lowest BCUT2D eigenvalue weighted by Gasteiger charge is -2.38. The van der Waals surface area contributed by atoms with E-state index < -0.39 is 0 Å². The van der Waals surface area contributed by atoms with Gasteiger partial charge in [0, 0.05) is 25.6 Å². The van der Waals surface area contributed by atoms with Crippen LogP contribution in [0.3, 0.4) is 0 Å². The number of carbonyl (C=O) groups is 1. The van der Waals surface area contributed by atoms with Gasteiger partial charge in [0.15, 0.2) is 0 Å². The molecule has 1 aromatic rings. The number of ether oxygens (including phenoxy) is 1. The lowest BCUT2D eigenvalue weighted by molar-refractivity contribution is -0.123. The molecule has 0 heterocycles. The predicted molar refractivity (Wildman–Crippen MR) is 93.4 cm³/mol. The fourth-order valence-corrected chi connectivity index (χ4v) is 3.58. The summed E-state index contributed by atoms with van der Waals surface area (Å²) in [5.74, 6) is 0.0277. The summed E-state index contributed by atoms with van der Waals surface area (Å²) in [5, 5.41) is 3.14. The summed E-state index contributed by atoms with van der Waals surface area (Å²) < 4.78 is 5.20. The monoisotopic (exact) mass is 318 g/mol. The van der Waals surface area contributed by atoms with Crippen LogP contribution in [0.2, 0.25) is 0 Å². The Balaban J connectivity index is 2.06. The zero-order valence-corrected chi connectivity index (χ0v) is 14.4. The zero-order chi connectivity index (χ0) is 16.7. The largest absolute Gasteiger partial charge is 0.380 e. The number of aryl methyl sites for hydroxylation is 1. The highest BCUT2D eigenvalue weighted by Crippen LogP contribution is 2.39. The molecule has 0 aromatic heterocycles. The zero-order valence-electron chi connectivity index (χ0n) is 14.4. The Hall–Kier alpha value is -1.39. The Kier molecular flexibility index (Phi) is 6.60. The normalized spacial score (nSPS) is 18.4. The van der Waals surface area contributed by atoms with Crippen LogP contribution in [0.1, 0.15) is 49.7 Å². The van der Waals surface area contributed by atoms with Crippen molar-refractivity contribution in [1.82, 2.24) is 5.32 Å². The van der Waals surface area contributed by atoms with Crippen molar-refractivity contribution in [1.29, 1.82) is 0 Å². The Morgan fingerprint density at radius 3 is 2.70 bits per heavy atom. The molecule has 0 spiro atoms. The van der Waals surface area contributed by atoms with Crippen LogP contribution in [0.5, 0.6) is 0 Å².